The first kappa shape index (κ1) is 27.6. The smallest absolute Gasteiger partial charge is 0.251 e. The van der Waals surface area contributed by atoms with Crippen LogP contribution in [0.4, 0.5) is 0 Å². The van der Waals surface area contributed by atoms with Crippen LogP contribution in [0.3, 0.4) is 0 Å². The molecule has 2 heterocycles. The number of fused-ring (bicyclic) bond motifs is 1. The molecular weight excluding hydrogens is 542 g/mol. The summed E-state index contributed by atoms with van der Waals surface area (Å²) in [4.78, 5) is 17.6. The van der Waals surface area contributed by atoms with E-state index in [1.54, 1.807) is 10.6 Å². The van der Waals surface area contributed by atoms with Gasteiger partial charge in [-0.25, -0.2) is 4.98 Å². The van der Waals surface area contributed by atoms with Gasteiger partial charge in [0.1, 0.15) is 5.75 Å². The van der Waals surface area contributed by atoms with Crippen molar-refractivity contribution in [2.45, 2.75) is 25.8 Å². The maximum absolute atomic E-state index is 13.2. The number of aromatic nitrogens is 3. The van der Waals surface area contributed by atoms with Gasteiger partial charge in [-0.3, -0.25) is 4.79 Å². The Hall–Kier alpha value is -4.61. The minimum Gasteiger partial charge on any atom is -0.493 e. The number of aryl methyl sites for hydroxylation is 3. The lowest BCUT2D eigenvalue weighted by atomic mass is 9.96. The summed E-state index contributed by atoms with van der Waals surface area (Å²) >= 11 is 6.36. The van der Waals surface area contributed by atoms with E-state index >= 15 is 0 Å². The second-order valence-corrected chi connectivity index (χ2v) is 11.0. The van der Waals surface area contributed by atoms with Crippen LogP contribution in [0.2, 0.25) is 5.02 Å². The molecule has 0 saturated carbocycles. The highest BCUT2D eigenvalue weighted by Gasteiger charge is 2.16. The van der Waals surface area contributed by atoms with Gasteiger partial charge in [-0.05, 0) is 64.9 Å². The molecule has 5 nitrogen and oxygen atoms in total. The van der Waals surface area contributed by atoms with Crippen molar-refractivity contribution in [3.63, 3.8) is 0 Å². The molecule has 0 amide bonds. The van der Waals surface area contributed by atoms with Gasteiger partial charge >= 0.3 is 0 Å². The number of pyridine rings is 1. The molecule has 0 N–H and O–H groups in total. The van der Waals surface area contributed by atoms with E-state index in [9.17, 15) is 4.79 Å². The van der Waals surface area contributed by atoms with Gasteiger partial charge in [-0.2, -0.15) is 0 Å². The second-order valence-electron chi connectivity index (χ2n) is 10.5. The molecule has 0 aliphatic rings. The van der Waals surface area contributed by atoms with E-state index in [2.05, 4.69) is 70.2 Å². The van der Waals surface area contributed by atoms with Crippen LogP contribution >= 0.6 is 11.6 Å². The Bertz CT molecular complexity index is 1880. The molecule has 4 aromatic carbocycles. The molecular formula is C36H32ClN3O2. The van der Waals surface area contributed by atoms with Gasteiger partial charge in [0, 0.05) is 48.4 Å². The fraction of sp³-hybridized carbons (Fsp3) is 0.167. The molecule has 210 valence electrons. The standard InChI is InChI=1S/C36H32ClN3O2/c1-39-35(41)22-33(28-13-8-14-30(37)19-28)34-21-32(20-29(36(34)39)16-15-26-9-4-2-5-10-26)42-18-17-31-23-38-25-40(31)24-27-11-6-3-7-12-27/h2-14,19-23,25H,15-18,24H2,1H3. The van der Waals surface area contributed by atoms with Crippen molar-refractivity contribution in [3.8, 4) is 16.9 Å². The quantitative estimate of drug-likeness (QED) is 0.170. The average Bonchev–Trinajstić information content (AvgIpc) is 3.45. The van der Waals surface area contributed by atoms with Crippen LogP contribution in [0.5, 0.6) is 5.75 Å². The molecule has 0 saturated heterocycles. The predicted octanol–water partition coefficient (Wildman–Crippen LogP) is 7.51. The van der Waals surface area contributed by atoms with Gasteiger partial charge in [-0.15, -0.1) is 0 Å². The summed E-state index contributed by atoms with van der Waals surface area (Å²) in [5.74, 6) is 0.779. The van der Waals surface area contributed by atoms with E-state index in [4.69, 9.17) is 16.3 Å². The zero-order chi connectivity index (χ0) is 28.9. The Labute approximate surface area is 250 Å². The van der Waals surface area contributed by atoms with Crippen molar-refractivity contribution in [2.24, 2.45) is 7.05 Å². The van der Waals surface area contributed by atoms with Crippen molar-refractivity contribution >= 4 is 22.5 Å². The fourth-order valence-electron chi connectivity index (χ4n) is 5.52. The number of halogens is 1. The Balaban J connectivity index is 1.34. The largest absolute Gasteiger partial charge is 0.493 e. The van der Waals surface area contributed by atoms with Crippen LogP contribution in [-0.2, 0) is 32.9 Å². The Morgan fingerprint density at radius 1 is 0.810 bits per heavy atom. The van der Waals surface area contributed by atoms with Crippen LogP contribution < -0.4 is 10.3 Å². The zero-order valence-corrected chi connectivity index (χ0v) is 24.3. The maximum Gasteiger partial charge on any atom is 0.251 e. The second kappa shape index (κ2) is 12.5. The normalized spacial score (nSPS) is 11.2. The molecule has 6 aromatic rings. The van der Waals surface area contributed by atoms with E-state index in [1.165, 1.54) is 11.1 Å². The average molecular weight is 574 g/mol. The van der Waals surface area contributed by atoms with Crippen LogP contribution in [0.25, 0.3) is 22.0 Å². The van der Waals surface area contributed by atoms with E-state index < -0.39 is 0 Å². The van der Waals surface area contributed by atoms with Crippen molar-refractivity contribution in [3.05, 3.63) is 153 Å². The number of nitrogens with zero attached hydrogens (tertiary/aromatic N) is 3. The molecule has 2 aromatic heterocycles. The van der Waals surface area contributed by atoms with Crippen LogP contribution in [0, 0.1) is 0 Å². The van der Waals surface area contributed by atoms with Crippen LogP contribution in [0.15, 0.2) is 120 Å². The van der Waals surface area contributed by atoms with Gasteiger partial charge in [0.05, 0.1) is 18.5 Å². The van der Waals surface area contributed by atoms with Gasteiger partial charge in [0.15, 0.2) is 0 Å². The summed E-state index contributed by atoms with van der Waals surface area (Å²) in [6, 6.07) is 34.3. The van der Waals surface area contributed by atoms with E-state index in [1.807, 2.05) is 56.0 Å². The van der Waals surface area contributed by atoms with Crippen molar-refractivity contribution in [1.82, 2.24) is 14.1 Å². The van der Waals surface area contributed by atoms with E-state index in [0.29, 0.717) is 11.6 Å². The third-order valence-corrected chi connectivity index (χ3v) is 7.90. The Morgan fingerprint density at radius 2 is 1.57 bits per heavy atom. The number of imidazole rings is 1. The Kier molecular flexibility index (Phi) is 8.20. The molecule has 0 fully saturated rings. The van der Waals surface area contributed by atoms with Gasteiger partial charge < -0.3 is 13.9 Å². The minimum atomic E-state index is -0.0567. The number of hydrogen-bond donors (Lipinski definition) is 0. The monoisotopic (exact) mass is 573 g/mol. The first-order valence-corrected chi connectivity index (χ1v) is 14.6. The summed E-state index contributed by atoms with van der Waals surface area (Å²) in [5, 5.41) is 1.60. The zero-order valence-electron chi connectivity index (χ0n) is 23.5. The van der Waals surface area contributed by atoms with Crippen molar-refractivity contribution in [1.29, 1.82) is 0 Å². The number of benzene rings is 4. The Morgan fingerprint density at radius 3 is 2.33 bits per heavy atom. The molecule has 0 radical (unpaired) electrons. The lowest BCUT2D eigenvalue weighted by Gasteiger charge is -2.17. The molecule has 0 bridgehead atoms. The molecule has 42 heavy (non-hydrogen) atoms. The first-order chi connectivity index (χ1) is 20.5. The van der Waals surface area contributed by atoms with E-state index in [0.717, 1.165) is 64.8 Å². The van der Waals surface area contributed by atoms with Crippen LogP contribution in [0.1, 0.15) is 22.4 Å². The summed E-state index contributed by atoms with van der Waals surface area (Å²) < 4.78 is 10.3. The highest BCUT2D eigenvalue weighted by atomic mass is 35.5. The molecule has 0 atom stereocenters. The summed E-state index contributed by atoms with van der Waals surface area (Å²) in [6.07, 6.45) is 6.13. The minimum absolute atomic E-state index is 0.0567. The topological polar surface area (TPSA) is 49.1 Å². The van der Waals surface area contributed by atoms with Gasteiger partial charge in [-0.1, -0.05) is 84.4 Å². The summed E-state index contributed by atoms with van der Waals surface area (Å²) in [5.41, 5.74) is 7.29. The highest BCUT2D eigenvalue weighted by molar-refractivity contribution is 6.30. The maximum atomic E-state index is 13.2. The lowest BCUT2D eigenvalue weighted by molar-refractivity contribution is 0.319. The molecule has 0 unspecified atom stereocenters. The van der Waals surface area contributed by atoms with Gasteiger partial charge in [0.25, 0.3) is 5.56 Å². The third-order valence-electron chi connectivity index (χ3n) is 7.67. The predicted molar refractivity (Wildman–Crippen MR) is 170 cm³/mol. The number of rotatable bonds is 10. The number of ether oxygens (including phenoxy) is 1. The van der Waals surface area contributed by atoms with Crippen molar-refractivity contribution < 1.29 is 4.74 Å². The van der Waals surface area contributed by atoms with Crippen LogP contribution in [-0.4, -0.2) is 20.7 Å². The molecule has 0 spiro atoms. The SMILES string of the molecule is Cn1c(=O)cc(-c2cccc(Cl)c2)c2cc(OCCc3cncn3Cc3ccccc3)cc(CCc3ccccc3)c21. The molecule has 0 aliphatic heterocycles. The molecule has 0 aliphatic carbocycles. The summed E-state index contributed by atoms with van der Waals surface area (Å²) in [6.45, 7) is 1.27. The fourth-order valence-corrected chi connectivity index (χ4v) is 5.71. The molecule has 6 heteroatoms. The third kappa shape index (κ3) is 6.17. The van der Waals surface area contributed by atoms with E-state index in [-0.39, 0.29) is 5.56 Å². The highest BCUT2D eigenvalue weighted by Crippen LogP contribution is 2.34. The van der Waals surface area contributed by atoms with Gasteiger partial charge in [0.2, 0.25) is 0 Å². The molecule has 6 rings (SSSR count). The lowest BCUT2D eigenvalue weighted by Crippen LogP contribution is -2.18. The van der Waals surface area contributed by atoms with Crippen molar-refractivity contribution in [2.75, 3.05) is 6.61 Å². The number of hydrogen-bond acceptors (Lipinski definition) is 3. The summed E-state index contributed by atoms with van der Waals surface area (Å²) in [7, 11) is 1.84. The first-order valence-electron chi connectivity index (χ1n) is 14.2.